The van der Waals surface area contributed by atoms with E-state index in [0.717, 1.165) is 24.8 Å². The van der Waals surface area contributed by atoms with Crippen LogP contribution in [0.4, 0.5) is 4.39 Å². The summed E-state index contributed by atoms with van der Waals surface area (Å²) in [5.41, 5.74) is 1.26. The molecule has 146 valence electrons. The molecular formula is C20H25FN2O3S. The molecule has 2 aromatic rings. The second-order valence-corrected chi connectivity index (χ2v) is 8.18. The van der Waals surface area contributed by atoms with Crippen LogP contribution in [0.1, 0.15) is 42.1 Å². The summed E-state index contributed by atoms with van der Waals surface area (Å²) in [5.74, 6) is -0.493. The van der Waals surface area contributed by atoms with E-state index in [2.05, 4.69) is 11.6 Å². The first-order valence-electron chi connectivity index (χ1n) is 8.94. The minimum absolute atomic E-state index is 0.109. The van der Waals surface area contributed by atoms with Crippen molar-refractivity contribution in [3.05, 3.63) is 65.5 Å². The first-order chi connectivity index (χ1) is 12.9. The number of carbonyl (C=O) groups excluding carboxylic acids is 1. The Hall–Kier alpha value is -2.25. The van der Waals surface area contributed by atoms with Gasteiger partial charge in [-0.15, -0.1) is 0 Å². The van der Waals surface area contributed by atoms with Gasteiger partial charge in [-0.1, -0.05) is 31.9 Å². The number of halogens is 1. The molecule has 1 amide bonds. The molecule has 0 aliphatic rings. The van der Waals surface area contributed by atoms with Gasteiger partial charge in [-0.05, 0) is 55.4 Å². The van der Waals surface area contributed by atoms with Crippen LogP contribution in [0.15, 0.2) is 53.4 Å². The lowest BCUT2D eigenvalue weighted by Gasteiger charge is -2.23. The Morgan fingerprint density at radius 2 is 1.67 bits per heavy atom. The molecule has 2 rings (SSSR count). The van der Waals surface area contributed by atoms with Gasteiger partial charge in [0.1, 0.15) is 5.82 Å². The summed E-state index contributed by atoms with van der Waals surface area (Å²) >= 11 is 0. The summed E-state index contributed by atoms with van der Waals surface area (Å²) in [6, 6.07) is 12.0. The Morgan fingerprint density at radius 3 is 2.22 bits per heavy atom. The number of sulfonamides is 1. The number of amides is 1. The van der Waals surface area contributed by atoms with E-state index in [1.54, 1.807) is 17.0 Å². The zero-order chi connectivity index (χ0) is 19.9. The van der Waals surface area contributed by atoms with E-state index in [4.69, 9.17) is 0 Å². The molecular weight excluding hydrogens is 367 g/mol. The van der Waals surface area contributed by atoms with Crippen molar-refractivity contribution >= 4 is 15.9 Å². The molecule has 0 heterocycles. The molecule has 27 heavy (non-hydrogen) atoms. The fourth-order valence-corrected chi connectivity index (χ4v) is 3.42. The first kappa shape index (κ1) is 21.1. The van der Waals surface area contributed by atoms with Gasteiger partial charge in [-0.25, -0.2) is 17.5 Å². The van der Waals surface area contributed by atoms with E-state index in [-0.39, 0.29) is 16.6 Å². The maximum absolute atomic E-state index is 13.1. The molecule has 0 bridgehead atoms. The second kappa shape index (κ2) is 9.62. The van der Waals surface area contributed by atoms with Crippen LogP contribution in [0.2, 0.25) is 0 Å². The summed E-state index contributed by atoms with van der Waals surface area (Å²) in [6.07, 6.45) is 2.91. The van der Waals surface area contributed by atoms with Crippen molar-refractivity contribution in [3.63, 3.8) is 0 Å². The number of carbonyl (C=O) groups is 1. The number of hydrogen-bond donors (Lipinski definition) is 1. The molecule has 0 aliphatic carbocycles. The Bertz CT molecular complexity index is 850. The van der Waals surface area contributed by atoms with Gasteiger partial charge in [-0.2, -0.15) is 0 Å². The quantitative estimate of drug-likeness (QED) is 0.664. The average molecular weight is 392 g/mol. The Balaban J connectivity index is 2.20. The van der Waals surface area contributed by atoms with Gasteiger partial charge in [0.15, 0.2) is 0 Å². The first-order valence-corrected chi connectivity index (χ1v) is 10.4. The highest BCUT2D eigenvalue weighted by molar-refractivity contribution is 7.89. The molecule has 0 aromatic heterocycles. The number of rotatable bonds is 9. The number of hydrogen-bond acceptors (Lipinski definition) is 3. The minimum atomic E-state index is -3.54. The number of benzene rings is 2. The summed E-state index contributed by atoms with van der Waals surface area (Å²) in [5, 5.41) is 0. The third kappa shape index (κ3) is 5.87. The van der Waals surface area contributed by atoms with Crippen LogP contribution in [-0.2, 0) is 16.6 Å². The second-order valence-electron chi connectivity index (χ2n) is 6.29. The molecule has 0 spiro atoms. The van der Waals surface area contributed by atoms with Crippen molar-refractivity contribution in [2.75, 3.05) is 13.6 Å². The molecule has 1 N–H and O–H groups in total. The highest BCUT2D eigenvalue weighted by Crippen LogP contribution is 2.15. The van der Waals surface area contributed by atoms with Crippen molar-refractivity contribution in [3.8, 4) is 0 Å². The summed E-state index contributed by atoms with van der Waals surface area (Å²) in [7, 11) is -2.20. The number of unbranched alkanes of at least 4 members (excludes halogenated alkanes) is 2. The maximum atomic E-state index is 13.1. The Morgan fingerprint density at radius 1 is 1.04 bits per heavy atom. The topological polar surface area (TPSA) is 66.5 Å². The van der Waals surface area contributed by atoms with Crippen molar-refractivity contribution in [2.45, 2.75) is 37.6 Å². The average Bonchev–Trinajstić information content (AvgIpc) is 2.68. The molecule has 0 fully saturated rings. The fourth-order valence-electron chi connectivity index (χ4n) is 2.69. The molecule has 0 saturated carbocycles. The van der Waals surface area contributed by atoms with Crippen molar-refractivity contribution in [1.82, 2.24) is 9.62 Å². The third-order valence-corrected chi connectivity index (χ3v) is 5.72. The van der Waals surface area contributed by atoms with Gasteiger partial charge in [0.05, 0.1) is 4.90 Å². The van der Waals surface area contributed by atoms with Gasteiger partial charge < -0.3 is 4.90 Å². The van der Waals surface area contributed by atoms with E-state index in [1.807, 2.05) is 0 Å². The summed E-state index contributed by atoms with van der Waals surface area (Å²) in [6.45, 7) is 3.05. The zero-order valence-corrected chi connectivity index (χ0v) is 16.4. The highest BCUT2D eigenvalue weighted by atomic mass is 32.2. The van der Waals surface area contributed by atoms with Gasteiger partial charge in [0, 0.05) is 18.7 Å². The van der Waals surface area contributed by atoms with Crippen LogP contribution >= 0.6 is 0 Å². The van der Waals surface area contributed by atoms with E-state index < -0.39 is 10.0 Å². The van der Waals surface area contributed by atoms with Gasteiger partial charge >= 0.3 is 0 Å². The smallest absolute Gasteiger partial charge is 0.254 e. The number of nitrogens with one attached hydrogen (secondary N) is 1. The maximum Gasteiger partial charge on any atom is 0.254 e. The molecule has 2 aromatic carbocycles. The van der Waals surface area contributed by atoms with Gasteiger partial charge in [0.2, 0.25) is 10.0 Å². The molecule has 0 unspecified atom stereocenters. The van der Waals surface area contributed by atoms with Crippen molar-refractivity contribution in [2.24, 2.45) is 0 Å². The normalized spacial score (nSPS) is 11.4. The fraction of sp³-hybridized carbons (Fsp3) is 0.350. The van der Waals surface area contributed by atoms with Gasteiger partial charge in [0.25, 0.3) is 5.91 Å². The van der Waals surface area contributed by atoms with E-state index >= 15 is 0 Å². The zero-order valence-electron chi connectivity index (χ0n) is 15.6. The van der Waals surface area contributed by atoms with Crippen LogP contribution in [-0.4, -0.2) is 32.8 Å². The van der Waals surface area contributed by atoms with Gasteiger partial charge in [-0.3, -0.25) is 4.79 Å². The Labute approximate surface area is 160 Å². The van der Waals surface area contributed by atoms with Crippen LogP contribution in [0, 0.1) is 5.82 Å². The largest absolute Gasteiger partial charge is 0.334 e. The predicted octanol–water partition coefficient (Wildman–Crippen LogP) is 3.57. The SMILES string of the molecule is CCCCCN(Cc1ccc(F)cc1)C(=O)c1ccc(S(=O)(=O)NC)cc1. The number of nitrogens with zero attached hydrogens (tertiary/aromatic N) is 1. The molecule has 0 saturated heterocycles. The molecule has 0 radical (unpaired) electrons. The van der Waals surface area contributed by atoms with Crippen LogP contribution in [0.5, 0.6) is 0 Å². The van der Waals surface area contributed by atoms with E-state index in [9.17, 15) is 17.6 Å². The molecule has 5 nitrogen and oxygen atoms in total. The Kier molecular flexibility index (Phi) is 7.50. The standard InChI is InChI=1S/C20H25FN2O3S/c1-3-4-5-14-23(15-16-6-10-18(21)11-7-16)20(24)17-8-12-19(13-9-17)27(25,26)22-2/h6-13,22H,3-5,14-15H2,1-2H3. The third-order valence-electron chi connectivity index (χ3n) is 4.29. The van der Waals surface area contributed by atoms with E-state index in [0.29, 0.717) is 18.7 Å². The molecule has 0 aliphatic heterocycles. The molecule has 0 atom stereocenters. The lowest BCUT2D eigenvalue weighted by molar-refractivity contribution is 0.0740. The van der Waals surface area contributed by atoms with Crippen LogP contribution < -0.4 is 4.72 Å². The summed E-state index contributed by atoms with van der Waals surface area (Å²) < 4.78 is 39.0. The lowest BCUT2D eigenvalue weighted by Crippen LogP contribution is -2.31. The van der Waals surface area contributed by atoms with Crippen molar-refractivity contribution in [1.29, 1.82) is 0 Å². The van der Waals surface area contributed by atoms with Crippen molar-refractivity contribution < 1.29 is 17.6 Å². The monoisotopic (exact) mass is 392 g/mol. The minimum Gasteiger partial charge on any atom is -0.334 e. The van der Waals surface area contributed by atoms with Crippen LogP contribution in [0.3, 0.4) is 0 Å². The lowest BCUT2D eigenvalue weighted by atomic mass is 10.1. The van der Waals surface area contributed by atoms with E-state index in [1.165, 1.54) is 43.4 Å². The molecule has 7 heteroatoms. The predicted molar refractivity (Wildman–Crippen MR) is 103 cm³/mol. The van der Waals surface area contributed by atoms with Crippen LogP contribution in [0.25, 0.3) is 0 Å². The summed E-state index contributed by atoms with van der Waals surface area (Å²) in [4.78, 5) is 14.7. The highest BCUT2D eigenvalue weighted by Gasteiger charge is 2.18.